The Morgan fingerprint density at radius 3 is 2.44 bits per heavy atom. The van der Waals surface area contributed by atoms with E-state index in [1.54, 1.807) is 11.4 Å². The number of carbonyl (C=O) groups excluding carboxylic acids is 1. The van der Waals surface area contributed by atoms with Gasteiger partial charge in [0, 0.05) is 6.54 Å². The molecule has 1 aromatic carbocycles. The van der Waals surface area contributed by atoms with Gasteiger partial charge in [0.1, 0.15) is 4.88 Å². The Morgan fingerprint density at radius 2 is 1.89 bits per heavy atom. The molecule has 0 aliphatic heterocycles. The van der Waals surface area contributed by atoms with Crippen LogP contribution in [0.4, 0.5) is 5.69 Å². The van der Waals surface area contributed by atoms with E-state index in [4.69, 9.17) is 10.8 Å². The van der Waals surface area contributed by atoms with Crippen molar-refractivity contribution in [3.8, 4) is 0 Å². The lowest BCUT2D eigenvalue weighted by Gasteiger charge is -2.05. The van der Waals surface area contributed by atoms with Gasteiger partial charge in [-0.2, -0.15) is 0 Å². The van der Waals surface area contributed by atoms with Crippen molar-refractivity contribution in [1.29, 1.82) is 0 Å². The van der Waals surface area contributed by atoms with Crippen LogP contribution in [0.25, 0.3) is 0 Å². The Balaban J connectivity index is 1.95. The standard InChI is InChI=1S/C13H14N2O2S/c14-11-5-6-18-12(11)13(17)15-7-9-1-3-10(8-16)4-2-9/h1-6,16H,7-8,14H2,(H,15,17). The minimum Gasteiger partial charge on any atom is -0.397 e. The van der Waals surface area contributed by atoms with Crippen molar-refractivity contribution in [3.05, 3.63) is 51.7 Å². The summed E-state index contributed by atoms with van der Waals surface area (Å²) in [5.41, 5.74) is 8.01. The molecule has 0 bridgehead atoms. The zero-order chi connectivity index (χ0) is 13.0. The first-order valence-electron chi connectivity index (χ1n) is 5.50. The maximum Gasteiger partial charge on any atom is 0.263 e. The molecule has 0 spiro atoms. The number of hydrogen-bond donors (Lipinski definition) is 3. The number of hydrogen-bond acceptors (Lipinski definition) is 4. The Labute approximate surface area is 109 Å². The second-order valence-corrected chi connectivity index (χ2v) is 4.78. The summed E-state index contributed by atoms with van der Waals surface area (Å²) in [6.07, 6.45) is 0. The van der Waals surface area contributed by atoms with Crippen molar-refractivity contribution >= 4 is 22.9 Å². The molecule has 1 heterocycles. The highest BCUT2D eigenvalue weighted by Crippen LogP contribution is 2.18. The van der Waals surface area contributed by atoms with Gasteiger partial charge in [-0.25, -0.2) is 0 Å². The Morgan fingerprint density at radius 1 is 1.22 bits per heavy atom. The van der Waals surface area contributed by atoms with Gasteiger partial charge in [0.25, 0.3) is 5.91 Å². The van der Waals surface area contributed by atoms with Crippen LogP contribution in [0, 0.1) is 0 Å². The summed E-state index contributed by atoms with van der Waals surface area (Å²) in [4.78, 5) is 12.3. The molecule has 0 aliphatic carbocycles. The van der Waals surface area contributed by atoms with Crippen molar-refractivity contribution in [3.63, 3.8) is 0 Å². The van der Waals surface area contributed by atoms with E-state index in [-0.39, 0.29) is 12.5 Å². The van der Waals surface area contributed by atoms with Crippen molar-refractivity contribution in [1.82, 2.24) is 5.32 Å². The molecule has 0 radical (unpaired) electrons. The van der Waals surface area contributed by atoms with Crippen LogP contribution in [0.5, 0.6) is 0 Å². The number of thiophene rings is 1. The maximum atomic E-state index is 11.8. The molecule has 4 nitrogen and oxygen atoms in total. The van der Waals surface area contributed by atoms with E-state index in [1.165, 1.54) is 11.3 Å². The number of carbonyl (C=O) groups is 1. The minimum atomic E-state index is -0.159. The molecule has 2 rings (SSSR count). The van der Waals surface area contributed by atoms with Gasteiger partial charge >= 0.3 is 0 Å². The summed E-state index contributed by atoms with van der Waals surface area (Å²) < 4.78 is 0. The van der Waals surface area contributed by atoms with Crippen LogP contribution in [-0.2, 0) is 13.2 Å². The lowest BCUT2D eigenvalue weighted by molar-refractivity contribution is 0.0956. The molecule has 0 aliphatic rings. The average Bonchev–Trinajstić information content (AvgIpc) is 2.83. The van der Waals surface area contributed by atoms with Gasteiger partial charge in [0.2, 0.25) is 0 Å². The molecular formula is C13H14N2O2S. The summed E-state index contributed by atoms with van der Waals surface area (Å²) in [5, 5.41) is 13.5. The predicted molar refractivity (Wildman–Crippen MR) is 72.3 cm³/mol. The number of rotatable bonds is 4. The molecule has 1 amide bonds. The summed E-state index contributed by atoms with van der Waals surface area (Å²) in [6, 6.07) is 9.14. The van der Waals surface area contributed by atoms with Crippen LogP contribution < -0.4 is 11.1 Å². The first-order valence-corrected chi connectivity index (χ1v) is 6.38. The molecule has 18 heavy (non-hydrogen) atoms. The van der Waals surface area contributed by atoms with Gasteiger partial charge in [0.15, 0.2) is 0 Å². The Kier molecular flexibility index (Phi) is 3.96. The normalized spacial score (nSPS) is 10.3. The molecule has 1 aromatic heterocycles. The zero-order valence-corrected chi connectivity index (χ0v) is 10.5. The quantitative estimate of drug-likeness (QED) is 0.785. The van der Waals surface area contributed by atoms with E-state index in [2.05, 4.69) is 5.32 Å². The minimum absolute atomic E-state index is 0.0262. The van der Waals surface area contributed by atoms with Crippen LogP contribution in [0.1, 0.15) is 20.8 Å². The Hall–Kier alpha value is -1.85. The number of aliphatic hydroxyl groups excluding tert-OH is 1. The number of aliphatic hydroxyl groups is 1. The van der Waals surface area contributed by atoms with E-state index < -0.39 is 0 Å². The van der Waals surface area contributed by atoms with E-state index in [0.29, 0.717) is 17.1 Å². The molecule has 94 valence electrons. The average molecular weight is 262 g/mol. The van der Waals surface area contributed by atoms with Crippen LogP contribution in [-0.4, -0.2) is 11.0 Å². The fraction of sp³-hybridized carbons (Fsp3) is 0.154. The van der Waals surface area contributed by atoms with Crippen LogP contribution >= 0.6 is 11.3 Å². The first kappa shape index (κ1) is 12.6. The monoisotopic (exact) mass is 262 g/mol. The molecular weight excluding hydrogens is 248 g/mol. The third-order valence-electron chi connectivity index (χ3n) is 2.56. The zero-order valence-electron chi connectivity index (χ0n) is 9.72. The topological polar surface area (TPSA) is 75.4 Å². The van der Waals surface area contributed by atoms with Crippen LogP contribution in [0.15, 0.2) is 35.7 Å². The highest BCUT2D eigenvalue weighted by atomic mass is 32.1. The third-order valence-corrected chi connectivity index (χ3v) is 3.49. The highest BCUT2D eigenvalue weighted by Gasteiger charge is 2.10. The number of benzene rings is 1. The molecule has 4 N–H and O–H groups in total. The number of amides is 1. The predicted octanol–water partition coefficient (Wildman–Crippen LogP) is 1.75. The molecule has 0 atom stereocenters. The fourth-order valence-electron chi connectivity index (χ4n) is 1.53. The lowest BCUT2D eigenvalue weighted by atomic mass is 10.1. The second kappa shape index (κ2) is 5.66. The van der Waals surface area contributed by atoms with E-state index >= 15 is 0 Å². The first-order chi connectivity index (χ1) is 8.70. The molecule has 0 saturated heterocycles. The summed E-state index contributed by atoms with van der Waals surface area (Å²) in [7, 11) is 0. The van der Waals surface area contributed by atoms with Crippen LogP contribution in [0.2, 0.25) is 0 Å². The Bertz CT molecular complexity index is 534. The van der Waals surface area contributed by atoms with E-state index in [1.807, 2.05) is 24.3 Å². The highest BCUT2D eigenvalue weighted by molar-refractivity contribution is 7.12. The van der Waals surface area contributed by atoms with Gasteiger partial charge in [0.05, 0.1) is 12.3 Å². The second-order valence-electron chi connectivity index (χ2n) is 3.86. The summed E-state index contributed by atoms with van der Waals surface area (Å²) in [6.45, 7) is 0.472. The van der Waals surface area contributed by atoms with Gasteiger partial charge in [-0.1, -0.05) is 24.3 Å². The lowest BCUT2D eigenvalue weighted by Crippen LogP contribution is -2.22. The van der Waals surface area contributed by atoms with E-state index in [9.17, 15) is 4.79 Å². The van der Waals surface area contributed by atoms with Gasteiger partial charge in [-0.05, 0) is 22.6 Å². The van der Waals surface area contributed by atoms with E-state index in [0.717, 1.165) is 11.1 Å². The largest absolute Gasteiger partial charge is 0.397 e. The number of anilines is 1. The van der Waals surface area contributed by atoms with Crippen molar-refractivity contribution in [2.45, 2.75) is 13.2 Å². The molecule has 5 heteroatoms. The smallest absolute Gasteiger partial charge is 0.263 e. The van der Waals surface area contributed by atoms with Gasteiger partial charge in [-0.15, -0.1) is 11.3 Å². The van der Waals surface area contributed by atoms with Crippen molar-refractivity contribution in [2.24, 2.45) is 0 Å². The molecule has 0 saturated carbocycles. The SMILES string of the molecule is Nc1ccsc1C(=O)NCc1ccc(CO)cc1. The maximum absolute atomic E-state index is 11.8. The van der Waals surface area contributed by atoms with Crippen LogP contribution in [0.3, 0.4) is 0 Å². The molecule has 2 aromatic rings. The van der Waals surface area contributed by atoms with Gasteiger partial charge < -0.3 is 16.2 Å². The molecule has 0 fully saturated rings. The van der Waals surface area contributed by atoms with Crippen molar-refractivity contribution in [2.75, 3.05) is 5.73 Å². The summed E-state index contributed by atoms with van der Waals surface area (Å²) in [5.74, 6) is -0.159. The summed E-state index contributed by atoms with van der Waals surface area (Å²) >= 11 is 1.33. The van der Waals surface area contributed by atoms with Gasteiger partial charge in [-0.3, -0.25) is 4.79 Å². The fourth-order valence-corrected chi connectivity index (χ4v) is 2.26. The molecule has 0 unspecified atom stereocenters. The van der Waals surface area contributed by atoms with Crippen molar-refractivity contribution < 1.29 is 9.90 Å². The third kappa shape index (κ3) is 2.88. The number of nitrogen functional groups attached to an aromatic ring is 1. The number of nitrogens with two attached hydrogens (primary N) is 1. The number of nitrogens with one attached hydrogen (secondary N) is 1.